The van der Waals surface area contributed by atoms with Crippen LogP contribution in [0, 0.1) is 5.82 Å². The SMILES string of the molecule is CC(OC(=O)c1cccc(S(C)(=O)=O)c1)C(=O)NCCc1ccc(F)cc1. The van der Waals surface area contributed by atoms with E-state index in [1.165, 1.54) is 43.3 Å². The van der Waals surface area contributed by atoms with E-state index in [-0.39, 0.29) is 16.3 Å². The second-order valence-corrected chi connectivity index (χ2v) is 8.03. The summed E-state index contributed by atoms with van der Waals surface area (Å²) in [6, 6.07) is 11.4. The molecule has 2 aromatic carbocycles. The average molecular weight is 393 g/mol. The highest BCUT2D eigenvalue weighted by Crippen LogP contribution is 2.13. The Labute approximate surface area is 157 Å². The number of halogens is 1. The molecule has 0 fully saturated rings. The van der Waals surface area contributed by atoms with Gasteiger partial charge in [0.1, 0.15) is 5.82 Å². The van der Waals surface area contributed by atoms with Crippen LogP contribution in [0.15, 0.2) is 53.4 Å². The predicted molar refractivity (Wildman–Crippen MR) is 97.5 cm³/mol. The van der Waals surface area contributed by atoms with Gasteiger partial charge in [-0.2, -0.15) is 0 Å². The third-order valence-electron chi connectivity index (χ3n) is 3.78. The minimum atomic E-state index is -3.46. The molecule has 0 spiro atoms. The lowest BCUT2D eigenvalue weighted by atomic mass is 10.1. The van der Waals surface area contributed by atoms with Gasteiger partial charge in [-0.1, -0.05) is 18.2 Å². The van der Waals surface area contributed by atoms with Gasteiger partial charge in [0, 0.05) is 12.8 Å². The summed E-state index contributed by atoms with van der Waals surface area (Å²) in [7, 11) is -3.46. The van der Waals surface area contributed by atoms with Gasteiger partial charge >= 0.3 is 5.97 Å². The average Bonchev–Trinajstić information content (AvgIpc) is 2.62. The third kappa shape index (κ3) is 6.18. The van der Waals surface area contributed by atoms with E-state index in [4.69, 9.17) is 4.74 Å². The van der Waals surface area contributed by atoms with E-state index in [0.717, 1.165) is 11.8 Å². The fraction of sp³-hybridized carbons (Fsp3) is 0.263. The molecule has 0 saturated heterocycles. The molecule has 6 nitrogen and oxygen atoms in total. The molecule has 0 aromatic heterocycles. The van der Waals surface area contributed by atoms with Crippen LogP contribution in [0.25, 0.3) is 0 Å². The van der Waals surface area contributed by atoms with Gasteiger partial charge in [-0.05, 0) is 49.2 Å². The van der Waals surface area contributed by atoms with Crippen LogP contribution in [-0.2, 0) is 25.8 Å². The van der Waals surface area contributed by atoms with Crippen molar-refractivity contribution in [1.29, 1.82) is 0 Å². The molecule has 2 aromatic rings. The Balaban J connectivity index is 1.88. The summed E-state index contributed by atoms with van der Waals surface area (Å²) in [4.78, 5) is 24.2. The van der Waals surface area contributed by atoms with Crippen LogP contribution in [0.5, 0.6) is 0 Å². The second-order valence-electron chi connectivity index (χ2n) is 6.02. The maximum Gasteiger partial charge on any atom is 0.338 e. The van der Waals surface area contributed by atoms with Crippen molar-refractivity contribution in [1.82, 2.24) is 5.32 Å². The molecule has 0 saturated carbocycles. The van der Waals surface area contributed by atoms with Gasteiger partial charge < -0.3 is 10.1 Å². The second kappa shape index (κ2) is 8.77. The van der Waals surface area contributed by atoms with Crippen LogP contribution in [0.4, 0.5) is 4.39 Å². The lowest BCUT2D eigenvalue weighted by molar-refractivity contribution is -0.129. The fourth-order valence-electron chi connectivity index (χ4n) is 2.26. The number of hydrogen-bond acceptors (Lipinski definition) is 5. The van der Waals surface area contributed by atoms with Gasteiger partial charge in [0.25, 0.3) is 5.91 Å². The minimum absolute atomic E-state index is 0.00616. The standard InChI is InChI=1S/C19H20FNO5S/c1-13(18(22)21-11-10-14-6-8-16(20)9-7-14)26-19(23)15-4-3-5-17(12-15)27(2,24)25/h3-9,12-13H,10-11H2,1-2H3,(H,21,22). The highest BCUT2D eigenvalue weighted by molar-refractivity contribution is 7.90. The molecule has 0 radical (unpaired) electrons. The molecule has 0 bridgehead atoms. The van der Waals surface area contributed by atoms with Crippen molar-refractivity contribution in [3.05, 3.63) is 65.5 Å². The van der Waals surface area contributed by atoms with Crippen LogP contribution in [0.3, 0.4) is 0 Å². The first-order chi connectivity index (χ1) is 12.7. The normalized spacial score (nSPS) is 12.3. The minimum Gasteiger partial charge on any atom is -0.449 e. The Morgan fingerprint density at radius 2 is 1.81 bits per heavy atom. The van der Waals surface area contributed by atoms with E-state index in [0.29, 0.717) is 13.0 Å². The zero-order chi connectivity index (χ0) is 20.0. The highest BCUT2D eigenvalue weighted by Gasteiger charge is 2.19. The number of esters is 1. The van der Waals surface area contributed by atoms with E-state index in [1.807, 2.05) is 0 Å². The largest absolute Gasteiger partial charge is 0.449 e. The van der Waals surface area contributed by atoms with Crippen LogP contribution in [0.1, 0.15) is 22.8 Å². The fourth-order valence-corrected chi connectivity index (χ4v) is 2.93. The van der Waals surface area contributed by atoms with Crippen molar-refractivity contribution in [3.63, 3.8) is 0 Å². The smallest absolute Gasteiger partial charge is 0.338 e. The first kappa shape index (κ1) is 20.6. The summed E-state index contributed by atoms with van der Waals surface area (Å²) in [6.07, 6.45) is 0.491. The van der Waals surface area contributed by atoms with Crippen molar-refractivity contribution < 1.29 is 27.1 Å². The van der Waals surface area contributed by atoms with Crippen LogP contribution in [0.2, 0.25) is 0 Å². The quantitative estimate of drug-likeness (QED) is 0.728. The summed E-state index contributed by atoms with van der Waals surface area (Å²) >= 11 is 0. The number of nitrogens with one attached hydrogen (secondary N) is 1. The van der Waals surface area contributed by atoms with E-state index in [2.05, 4.69) is 5.32 Å². The molecule has 0 aliphatic heterocycles. The van der Waals surface area contributed by atoms with Crippen molar-refractivity contribution in [2.24, 2.45) is 0 Å². The summed E-state index contributed by atoms with van der Waals surface area (Å²) < 4.78 is 41.0. The Hall–Kier alpha value is -2.74. The summed E-state index contributed by atoms with van der Waals surface area (Å²) in [5.41, 5.74) is 0.905. The lowest BCUT2D eigenvalue weighted by Gasteiger charge is -2.14. The molecule has 144 valence electrons. The highest BCUT2D eigenvalue weighted by atomic mass is 32.2. The zero-order valence-electron chi connectivity index (χ0n) is 14.9. The number of carbonyl (C=O) groups excluding carboxylic acids is 2. The Bertz CT molecular complexity index is 925. The number of ether oxygens (including phenoxy) is 1. The molecule has 0 aliphatic rings. The third-order valence-corrected chi connectivity index (χ3v) is 4.89. The number of benzene rings is 2. The topological polar surface area (TPSA) is 89.5 Å². The molecule has 2 rings (SSSR count). The molecular weight excluding hydrogens is 373 g/mol. The molecule has 1 amide bonds. The van der Waals surface area contributed by atoms with Crippen molar-refractivity contribution in [2.75, 3.05) is 12.8 Å². The number of hydrogen-bond donors (Lipinski definition) is 1. The zero-order valence-corrected chi connectivity index (χ0v) is 15.8. The van der Waals surface area contributed by atoms with Crippen LogP contribution < -0.4 is 5.32 Å². The lowest BCUT2D eigenvalue weighted by Crippen LogP contribution is -2.36. The van der Waals surface area contributed by atoms with Gasteiger partial charge in [-0.25, -0.2) is 17.6 Å². The van der Waals surface area contributed by atoms with Gasteiger partial charge in [0.2, 0.25) is 0 Å². The molecule has 1 atom stereocenters. The van der Waals surface area contributed by atoms with Gasteiger partial charge in [0.15, 0.2) is 15.9 Å². The maximum atomic E-state index is 12.8. The van der Waals surface area contributed by atoms with E-state index in [1.54, 1.807) is 12.1 Å². The first-order valence-electron chi connectivity index (χ1n) is 8.20. The van der Waals surface area contributed by atoms with Crippen molar-refractivity contribution in [2.45, 2.75) is 24.3 Å². The van der Waals surface area contributed by atoms with Crippen molar-refractivity contribution >= 4 is 21.7 Å². The Morgan fingerprint density at radius 3 is 2.44 bits per heavy atom. The summed E-state index contributed by atoms with van der Waals surface area (Å²) in [5, 5.41) is 2.63. The molecule has 8 heteroatoms. The van der Waals surface area contributed by atoms with Gasteiger partial charge in [0.05, 0.1) is 10.5 Å². The van der Waals surface area contributed by atoms with E-state index >= 15 is 0 Å². The molecule has 0 aliphatic carbocycles. The molecule has 27 heavy (non-hydrogen) atoms. The molecule has 0 heterocycles. The van der Waals surface area contributed by atoms with E-state index < -0.39 is 27.8 Å². The van der Waals surface area contributed by atoms with Crippen molar-refractivity contribution in [3.8, 4) is 0 Å². The van der Waals surface area contributed by atoms with Crippen LogP contribution >= 0.6 is 0 Å². The molecule has 1 unspecified atom stereocenters. The number of amides is 1. The number of carbonyl (C=O) groups is 2. The number of rotatable bonds is 7. The monoisotopic (exact) mass is 393 g/mol. The summed E-state index contributed by atoms with van der Waals surface area (Å²) in [5.74, 6) is -1.60. The summed E-state index contributed by atoms with van der Waals surface area (Å²) in [6.45, 7) is 1.72. The molecule has 1 N–H and O–H groups in total. The van der Waals surface area contributed by atoms with Crippen LogP contribution in [-0.4, -0.2) is 39.2 Å². The first-order valence-corrected chi connectivity index (χ1v) is 10.1. The predicted octanol–water partition coefficient (Wildman–Crippen LogP) is 2.13. The van der Waals surface area contributed by atoms with Gasteiger partial charge in [-0.3, -0.25) is 4.79 Å². The Morgan fingerprint density at radius 1 is 1.15 bits per heavy atom. The number of sulfone groups is 1. The van der Waals surface area contributed by atoms with E-state index in [9.17, 15) is 22.4 Å². The van der Waals surface area contributed by atoms with Gasteiger partial charge in [-0.15, -0.1) is 0 Å². The maximum absolute atomic E-state index is 12.8. The molecular formula is C19H20FNO5S. The Kier molecular flexibility index (Phi) is 6.68.